The fraction of sp³-hybridized carbons (Fsp3) is 0.0870. The van der Waals surface area contributed by atoms with Crippen LogP contribution in [0.3, 0.4) is 0 Å². The number of benzene rings is 3. The van der Waals surface area contributed by atoms with Crippen molar-refractivity contribution >= 4 is 39.0 Å². The summed E-state index contributed by atoms with van der Waals surface area (Å²) in [5.41, 5.74) is 2.77. The Labute approximate surface area is 186 Å². The Kier molecular flexibility index (Phi) is 5.02. The molecular formula is C23H17FN6O3. The highest BCUT2D eigenvalue weighted by atomic mass is 19.1. The second-order valence-electron chi connectivity index (χ2n) is 7.35. The molecule has 33 heavy (non-hydrogen) atoms. The molecule has 5 rings (SSSR count). The van der Waals surface area contributed by atoms with E-state index in [0.29, 0.717) is 23.3 Å². The monoisotopic (exact) mass is 444 g/mol. The molecule has 0 atom stereocenters. The van der Waals surface area contributed by atoms with Crippen LogP contribution < -0.4 is 10.1 Å². The second-order valence-corrected chi connectivity index (χ2v) is 7.35. The molecule has 3 aromatic carbocycles. The van der Waals surface area contributed by atoms with Crippen LogP contribution in [0.1, 0.15) is 5.56 Å². The van der Waals surface area contributed by atoms with E-state index in [9.17, 15) is 14.5 Å². The highest BCUT2D eigenvalue weighted by Gasteiger charge is 2.18. The first-order chi connectivity index (χ1) is 16.0. The molecule has 5 aromatic rings. The van der Waals surface area contributed by atoms with Crippen molar-refractivity contribution in [3.63, 3.8) is 0 Å². The number of fused-ring (bicyclic) bond motifs is 2. The quantitative estimate of drug-likeness (QED) is 0.295. The summed E-state index contributed by atoms with van der Waals surface area (Å²) < 4.78 is 20.4. The molecule has 10 heteroatoms. The molecule has 0 saturated carbocycles. The minimum absolute atomic E-state index is 0.129. The molecule has 164 valence electrons. The number of methoxy groups -OCH3 is 1. The summed E-state index contributed by atoms with van der Waals surface area (Å²) in [4.78, 5) is 19.4. The van der Waals surface area contributed by atoms with E-state index in [-0.39, 0.29) is 17.3 Å². The third kappa shape index (κ3) is 3.89. The van der Waals surface area contributed by atoms with E-state index in [1.807, 2.05) is 24.3 Å². The van der Waals surface area contributed by atoms with Gasteiger partial charge >= 0.3 is 5.69 Å². The number of aromatic nitrogens is 4. The Morgan fingerprint density at radius 2 is 2.03 bits per heavy atom. The van der Waals surface area contributed by atoms with Crippen molar-refractivity contribution < 1.29 is 14.1 Å². The highest BCUT2D eigenvalue weighted by molar-refractivity contribution is 5.94. The number of nitro benzene ring substituents is 1. The van der Waals surface area contributed by atoms with Gasteiger partial charge in [-0.3, -0.25) is 14.8 Å². The smallest absolute Gasteiger partial charge is 0.311 e. The second kappa shape index (κ2) is 8.15. The standard InChI is InChI=1S/C23H17FN6O3/c1-33-22-10-19-18(9-21(22)30(31)32)23(26-13-25-19)28-17-5-6-20-15(8-17)11-27-29(20)12-14-3-2-4-16(24)7-14/h2-11,13H,12H2,1H3,(H,25,26,28). The third-order valence-corrected chi connectivity index (χ3v) is 5.26. The van der Waals surface area contributed by atoms with Crippen molar-refractivity contribution in [1.29, 1.82) is 0 Å². The van der Waals surface area contributed by atoms with Crippen LogP contribution in [0.25, 0.3) is 21.8 Å². The first-order valence-electron chi connectivity index (χ1n) is 9.96. The summed E-state index contributed by atoms with van der Waals surface area (Å²) >= 11 is 0. The SMILES string of the molecule is COc1cc2ncnc(Nc3ccc4c(cnn4Cc4cccc(F)c4)c3)c2cc1[N+](=O)[O-]. The molecule has 0 amide bonds. The Morgan fingerprint density at radius 3 is 2.82 bits per heavy atom. The number of ether oxygens (including phenoxy) is 1. The Bertz CT molecular complexity index is 1520. The van der Waals surface area contributed by atoms with Crippen LogP contribution in [0, 0.1) is 15.9 Å². The maximum atomic E-state index is 13.5. The number of hydrogen-bond acceptors (Lipinski definition) is 7. The summed E-state index contributed by atoms with van der Waals surface area (Å²) in [5.74, 6) is 0.270. The van der Waals surface area contributed by atoms with E-state index in [0.717, 1.165) is 22.2 Å². The molecule has 2 aromatic heterocycles. The number of nitrogens with one attached hydrogen (secondary N) is 1. The Morgan fingerprint density at radius 1 is 1.15 bits per heavy atom. The average molecular weight is 444 g/mol. The predicted octanol–water partition coefficient (Wildman–Crippen LogP) is 4.83. The maximum Gasteiger partial charge on any atom is 0.311 e. The zero-order valence-corrected chi connectivity index (χ0v) is 17.4. The van der Waals surface area contributed by atoms with Crippen LogP contribution >= 0.6 is 0 Å². The van der Waals surface area contributed by atoms with Gasteiger partial charge in [0.2, 0.25) is 0 Å². The number of nitro groups is 1. The van der Waals surface area contributed by atoms with Crippen molar-refractivity contribution in [1.82, 2.24) is 19.7 Å². The van der Waals surface area contributed by atoms with E-state index in [1.165, 1.54) is 37.7 Å². The van der Waals surface area contributed by atoms with Crippen molar-refractivity contribution in [3.8, 4) is 5.75 Å². The highest BCUT2D eigenvalue weighted by Crippen LogP contribution is 2.34. The molecule has 2 heterocycles. The lowest BCUT2D eigenvalue weighted by Gasteiger charge is -2.10. The molecule has 0 aliphatic rings. The summed E-state index contributed by atoms with van der Waals surface area (Å²) in [7, 11) is 1.37. The number of anilines is 2. The van der Waals surface area contributed by atoms with Crippen molar-refractivity contribution in [2.75, 3.05) is 12.4 Å². The van der Waals surface area contributed by atoms with Crippen LogP contribution in [0.4, 0.5) is 21.6 Å². The number of hydrogen-bond donors (Lipinski definition) is 1. The summed E-state index contributed by atoms with van der Waals surface area (Å²) in [6.07, 6.45) is 3.11. The normalized spacial score (nSPS) is 11.1. The Balaban J connectivity index is 1.48. The summed E-state index contributed by atoms with van der Waals surface area (Å²) in [6, 6.07) is 15.0. The predicted molar refractivity (Wildman–Crippen MR) is 121 cm³/mol. The van der Waals surface area contributed by atoms with E-state index in [4.69, 9.17) is 4.74 Å². The van der Waals surface area contributed by atoms with Gasteiger partial charge in [0.05, 0.1) is 41.2 Å². The van der Waals surface area contributed by atoms with Gasteiger partial charge in [0.25, 0.3) is 0 Å². The molecule has 1 N–H and O–H groups in total. The maximum absolute atomic E-state index is 13.5. The fourth-order valence-corrected chi connectivity index (χ4v) is 3.71. The molecule has 0 fully saturated rings. The lowest BCUT2D eigenvalue weighted by atomic mass is 10.1. The largest absolute Gasteiger partial charge is 0.490 e. The zero-order chi connectivity index (χ0) is 22.9. The summed E-state index contributed by atoms with van der Waals surface area (Å²) in [5, 5.41) is 20.4. The molecule has 0 bridgehead atoms. The number of halogens is 1. The van der Waals surface area contributed by atoms with Crippen LogP contribution in [0.5, 0.6) is 5.75 Å². The first kappa shape index (κ1) is 20.3. The molecule has 9 nitrogen and oxygen atoms in total. The van der Waals surface area contributed by atoms with E-state index in [1.54, 1.807) is 16.9 Å². The van der Waals surface area contributed by atoms with Crippen LogP contribution in [-0.4, -0.2) is 31.8 Å². The van der Waals surface area contributed by atoms with Gasteiger partial charge in [-0.15, -0.1) is 0 Å². The topological polar surface area (TPSA) is 108 Å². The minimum Gasteiger partial charge on any atom is -0.490 e. The number of rotatable bonds is 6. The molecule has 0 aliphatic carbocycles. The van der Waals surface area contributed by atoms with E-state index < -0.39 is 4.92 Å². The molecule has 0 radical (unpaired) electrons. The Hall–Kier alpha value is -4.60. The van der Waals surface area contributed by atoms with Crippen LogP contribution in [0.15, 0.2) is 67.1 Å². The number of nitrogens with zero attached hydrogens (tertiary/aromatic N) is 5. The van der Waals surface area contributed by atoms with Crippen LogP contribution in [0.2, 0.25) is 0 Å². The van der Waals surface area contributed by atoms with Gasteiger partial charge in [0.15, 0.2) is 5.75 Å². The van der Waals surface area contributed by atoms with Gasteiger partial charge in [-0.1, -0.05) is 12.1 Å². The van der Waals surface area contributed by atoms with Gasteiger partial charge in [0, 0.05) is 23.2 Å². The minimum atomic E-state index is -0.506. The van der Waals surface area contributed by atoms with Gasteiger partial charge < -0.3 is 10.1 Å². The van der Waals surface area contributed by atoms with Gasteiger partial charge in [0.1, 0.15) is 18.0 Å². The molecule has 0 aliphatic heterocycles. The van der Waals surface area contributed by atoms with Crippen molar-refractivity contribution in [2.45, 2.75) is 6.54 Å². The lowest BCUT2D eigenvalue weighted by molar-refractivity contribution is -0.385. The van der Waals surface area contributed by atoms with Crippen molar-refractivity contribution in [3.05, 3.63) is 88.6 Å². The van der Waals surface area contributed by atoms with E-state index in [2.05, 4.69) is 20.4 Å². The third-order valence-electron chi connectivity index (χ3n) is 5.26. The lowest BCUT2D eigenvalue weighted by Crippen LogP contribution is -2.02. The molecular weight excluding hydrogens is 427 g/mol. The average Bonchev–Trinajstić information content (AvgIpc) is 3.20. The van der Waals surface area contributed by atoms with Gasteiger partial charge in [-0.25, -0.2) is 14.4 Å². The molecule has 0 spiro atoms. The summed E-state index contributed by atoms with van der Waals surface area (Å²) in [6.45, 7) is 0.441. The van der Waals surface area contributed by atoms with Crippen LogP contribution in [-0.2, 0) is 6.54 Å². The van der Waals surface area contributed by atoms with Crippen molar-refractivity contribution in [2.24, 2.45) is 0 Å². The van der Waals surface area contributed by atoms with Gasteiger partial charge in [-0.05, 0) is 35.9 Å². The zero-order valence-electron chi connectivity index (χ0n) is 17.4. The van der Waals surface area contributed by atoms with Gasteiger partial charge in [-0.2, -0.15) is 5.10 Å². The van der Waals surface area contributed by atoms with E-state index >= 15 is 0 Å². The molecule has 0 unspecified atom stereocenters. The first-order valence-corrected chi connectivity index (χ1v) is 9.96. The molecule has 0 saturated heterocycles. The fourth-order valence-electron chi connectivity index (χ4n) is 3.71.